The first-order chi connectivity index (χ1) is 23.2. The van der Waals surface area contributed by atoms with Gasteiger partial charge in [0.1, 0.15) is 5.75 Å². The van der Waals surface area contributed by atoms with E-state index in [4.69, 9.17) is 20.0 Å². The van der Waals surface area contributed by atoms with Gasteiger partial charge in [0.15, 0.2) is 11.5 Å². The third-order valence-corrected chi connectivity index (χ3v) is 10.5. The van der Waals surface area contributed by atoms with Crippen LogP contribution >= 0.6 is 11.3 Å². The lowest BCUT2D eigenvalue weighted by atomic mass is 9.91. The summed E-state index contributed by atoms with van der Waals surface area (Å²) in [6.45, 7) is 19.7. The van der Waals surface area contributed by atoms with Crippen LogP contribution in [0, 0.1) is 0 Å². The van der Waals surface area contributed by atoms with E-state index in [2.05, 4.69) is 88.6 Å². The molecule has 0 spiro atoms. The number of aromatic nitrogens is 4. The zero-order valence-corrected chi connectivity index (χ0v) is 32.1. The number of unbranched alkanes of at least 4 members (excludes halogenated alkanes) is 10. The number of anilines is 2. The van der Waals surface area contributed by atoms with Crippen molar-refractivity contribution in [2.24, 2.45) is 0 Å². The Morgan fingerprint density at radius 3 is 1.98 bits per heavy atom. The first-order valence-corrected chi connectivity index (χ1v) is 19.6. The number of nitrogens with zero attached hydrogens (tertiary/aromatic N) is 6. The van der Waals surface area contributed by atoms with Crippen LogP contribution in [0.4, 0.5) is 10.7 Å². The number of benzene rings is 1. The molecule has 3 aromatic heterocycles. The van der Waals surface area contributed by atoms with Gasteiger partial charge >= 0.3 is 0 Å². The van der Waals surface area contributed by atoms with Gasteiger partial charge in [0.2, 0.25) is 0 Å². The van der Waals surface area contributed by atoms with Crippen LogP contribution in [0.25, 0.3) is 23.1 Å². The summed E-state index contributed by atoms with van der Waals surface area (Å²) in [6.07, 6.45) is 18.2. The van der Waals surface area contributed by atoms with Gasteiger partial charge in [0, 0.05) is 47.4 Å². The molecule has 264 valence electrons. The third-order valence-electron chi connectivity index (χ3n) is 9.37. The molecule has 8 heteroatoms. The second-order valence-corrected chi connectivity index (χ2v) is 15.3. The summed E-state index contributed by atoms with van der Waals surface area (Å²) in [6, 6.07) is 10.9. The summed E-state index contributed by atoms with van der Waals surface area (Å²) in [5.74, 6) is 1.47. The molecule has 0 amide bonds. The van der Waals surface area contributed by atoms with Crippen molar-refractivity contribution in [3.63, 3.8) is 0 Å². The lowest BCUT2D eigenvalue weighted by molar-refractivity contribution is 0.416. The maximum Gasteiger partial charge on any atom is 0.189 e. The van der Waals surface area contributed by atoms with Crippen LogP contribution in [0.1, 0.15) is 136 Å². The fraction of sp³-hybridized carbons (Fsp3) is 0.625. The first-order valence-electron chi connectivity index (χ1n) is 18.8. The smallest absolute Gasteiger partial charge is 0.189 e. The molecule has 0 bridgehead atoms. The molecule has 0 fully saturated rings. The summed E-state index contributed by atoms with van der Waals surface area (Å²) in [5.41, 5.74) is 3.69. The number of thiophene rings is 1. The summed E-state index contributed by atoms with van der Waals surface area (Å²) >= 11 is 1.89. The van der Waals surface area contributed by atoms with Crippen LogP contribution in [0.5, 0.6) is 5.75 Å². The highest BCUT2D eigenvalue weighted by molar-refractivity contribution is 7.16. The Kier molecular flexibility index (Phi) is 14.6. The highest BCUT2D eigenvalue weighted by Crippen LogP contribution is 2.34. The SMILES string of the molecule is CCCCCCCCN(CCCCCCCC)c1ccc(C=c2c(C(C)(C)C)nn3c(-c4cc(N(CC)CC)ccc4OC)nnc23)s1. The van der Waals surface area contributed by atoms with E-state index in [0.29, 0.717) is 5.82 Å². The standard InChI is InChI=1S/C40H62N6OS/c1-9-13-15-17-19-21-27-45(28-22-20-18-16-14-10-2)36-26-24-32(48-36)30-34-37(40(5,6)7)43-46-38(41-42-39(34)46)33-29-31(44(11-3)12-4)23-25-35(33)47-8/h23-26,29-30H,9-22,27-28H2,1-8H3. The molecular formula is C40H62N6OS. The summed E-state index contributed by atoms with van der Waals surface area (Å²) in [7, 11) is 1.71. The van der Waals surface area contributed by atoms with Crippen molar-refractivity contribution in [1.82, 2.24) is 19.8 Å². The zero-order chi connectivity index (χ0) is 34.5. The number of rotatable bonds is 21. The van der Waals surface area contributed by atoms with Gasteiger partial charge in [-0.3, -0.25) is 0 Å². The van der Waals surface area contributed by atoms with Crippen molar-refractivity contribution in [2.75, 3.05) is 43.1 Å². The average Bonchev–Trinajstić information content (AvgIpc) is 3.80. The van der Waals surface area contributed by atoms with E-state index in [1.807, 2.05) is 21.9 Å². The fourth-order valence-corrected chi connectivity index (χ4v) is 7.55. The van der Waals surface area contributed by atoms with Gasteiger partial charge < -0.3 is 14.5 Å². The lowest BCUT2D eigenvalue weighted by Gasteiger charge is -2.23. The molecule has 0 aliphatic carbocycles. The van der Waals surface area contributed by atoms with Crippen LogP contribution < -0.4 is 19.8 Å². The Hall–Kier alpha value is -3.13. The van der Waals surface area contributed by atoms with Gasteiger partial charge in [0.05, 0.1) is 23.4 Å². The zero-order valence-electron chi connectivity index (χ0n) is 31.3. The van der Waals surface area contributed by atoms with Crippen molar-refractivity contribution in [2.45, 2.75) is 131 Å². The molecule has 0 atom stereocenters. The molecule has 4 aromatic rings. The van der Waals surface area contributed by atoms with Crippen molar-refractivity contribution < 1.29 is 4.74 Å². The first kappa shape index (κ1) is 37.7. The summed E-state index contributed by atoms with van der Waals surface area (Å²) in [4.78, 5) is 6.21. The monoisotopic (exact) mass is 674 g/mol. The maximum atomic E-state index is 5.81. The number of hydrogen-bond donors (Lipinski definition) is 0. The highest BCUT2D eigenvalue weighted by atomic mass is 32.1. The van der Waals surface area contributed by atoms with E-state index in [1.165, 1.54) is 86.9 Å². The number of methoxy groups -OCH3 is 1. The number of ether oxygens (including phenoxy) is 1. The van der Waals surface area contributed by atoms with Gasteiger partial charge in [-0.25, -0.2) is 0 Å². The normalized spacial score (nSPS) is 12.4. The Morgan fingerprint density at radius 1 is 0.771 bits per heavy atom. The van der Waals surface area contributed by atoms with Gasteiger partial charge in [-0.05, 0) is 63.1 Å². The molecule has 48 heavy (non-hydrogen) atoms. The van der Waals surface area contributed by atoms with Crippen LogP contribution in [-0.2, 0) is 5.41 Å². The molecule has 4 rings (SSSR count). The minimum absolute atomic E-state index is 0.168. The highest BCUT2D eigenvalue weighted by Gasteiger charge is 2.25. The van der Waals surface area contributed by atoms with Crippen LogP contribution in [0.2, 0.25) is 0 Å². The Bertz CT molecular complexity index is 1560. The predicted molar refractivity (Wildman–Crippen MR) is 207 cm³/mol. The maximum absolute atomic E-state index is 5.81. The third kappa shape index (κ3) is 9.73. The molecule has 1 aromatic carbocycles. The van der Waals surface area contributed by atoms with E-state index >= 15 is 0 Å². The Balaban J connectivity index is 1.67. The lowest BCUT2D eigenvalue weighted by Crippen LogP contribution is -2.24. The number of fused-ring (bicyclic) bond motifs is 1. The Morgan fingerprint density at radius 2 is 1.40 bits per heavy atom. The van der Waals surface area contributed by atoms with Gasteiger partial charge in [-0.15, -0.1) is 21.5 Å². The van der Waals surface area contributed by atoms with E-state index in [0.717, 1.165) is 59.7 Å². The largest absolute Gasteiger partial charge is 0.496 e. The molecule has 7 nitrogen and oxygen atoms in total. The minimum atomic E-state index is -0.168. The summed E-state index contributed by atoms with van der Waals surface area (Å²) in [5, 5.41) is 17.0. The van der Waals surface area contributed by atoms with E-state index < -0.39 is 0 Å². The average molecular weight is 675 g/mol. The minimum Gasteiger partial charge on any atom is -0.496 e. The quantitative estimate of drug-likeness (QED) is 0.0820. The second-order valence-electron chi connectivity index (χ2n) is 14.2. The predicted octanol–water partition coefficient (Wildman–Crippen LogP) is 10.1. The van der Waals surface area contributed by atoms with Crippen LogP contribution in [0.15, 0.2) is 30.3 Å². The summed E-state index contributed by atoms with van der Waals surface area (Å²) < 4.78 is 7.74. The topological polar surface area (TPSA) is 58.8 Å². The molecule has 0 saturated heterocycles. The molecule has 0 radical (unpaired) electrons. The molecular weight excluding hydrogens is 613 g/mol. The molecule has 0 unspecified atom stereocenters. The van der Waals surface area contributed by atoms with Crippen molar-refractivity contribution in [1.29, 1.82) is 0 Å². The van der Waals surface area contributed by atoms with Crippen LogP contribution in [0.3, 0.4) is 0 Å². The van der Waals surface area contributed by atoms with E-state index in [1.54, 1.807) is 7.11 Å². The van der Waals surface area contributed by atoms with E-state index in [-0.39, 0.29) is 5.41 Å². The second kappa shape index (κ2) is 18.6. The fourth-order valence-electron chi connectivity index (χ4n) is 6.54. The van der Waals surface area contributed by atoms with E-state index in [9.17, 15) is 0 Å². The van der Waals surface area contributed by atoms with Crippen molar-refractivity contribution >= 4 is 33.7 Å². The van der Waals surface area contributed by atoms with Gasteiger partial charge in [-0.1, -0.05) is 98.8 Å². The van der Waals surface area contributed by atoms with Gasteiger partial charge in [0.25, 0.3) is 0 Å². The molecule has 0 aliphatic rings. The molecule has 0 saturated carbocycles. The van der Waals surface area contributed by atoms with Crippen molar-refractivity contribution in [3.8, 4) is 17.1 Å². The molecule has 0 aliphatic heterocycles. The van der Waals surface area contributed by atoms with Gasteiger partial charge in [-0.2, -0.15) is 9.61 Å². The number of hydrogen-bond acceptors (Lipinski definition) is 7. The molecule has 0 N–H and O–H groups in total. The van der Waals surface area contributed by atoms with Crippen LogP contribution in [-0.4, -0.2) is 53.1 Å². The Labute approximate surface area is 294 Å². The van der Waals surface area contributed by atoms with Crippen molar-refractivity contribution in [3.05, 3.63) is 46.1 Å². The molecule has 3 heterocycles.